The fraction of sp³-hybridized carbons (Fsp3) is 0.222. The Morgan fingerprint density at radius 3 is 1.23 bits per heavy atom. The van der Waals surface area contributed by atoms with E-state index in [1.165, 1.54) is 24.3 Å². The first-order valence-corrected chi connectivity index (χ1v) is 7.71. The Bertz CT molecular complexity index is 809. The molecule has 1 fully saturated rings. The molecule has 0 aromatic heterocycles. The molecule has 0 aliphatic heterocycles. The summed E-state index contributed by atoms with van der Waals surface area (Å²) in [6.45, 7) is 0. The Hall–Kier alpha value is -3.42. The van der Waals surface area contributed by atoms with E-state index in [0.29, 0.717) is 0 Å². The number of rotatable bonds is 4. The highest BCUT2D eigenvalue weighted by molar-refractivity contribution is 5.83. The molecule has 6 N–H and O–H groups in total. The quantitative estimate of drug-likeness (QED) is 0.451. The van der Waals surface area contributed by atoms with Crippen LogP contribution in [0.15, 0.2) is 36.4 Å². The fourth-order valence-corrected chi connectivity index (χ4v) is 3.69. The summed E-state index contributed by atoms with van der Waals surface area (Å²) < 4.78 is 0. The van der Waals surface area contributed by atoms with E-state index in [1.54, 1.807) is 0 Å². The predicted molar refractivity (Wildman–Crippen MR) is 87.3 cm³/mol. The van der Waals surface area contributed by atoms with Gasteiger partial charge in [-0.15, -0.1) is 0 Å². The van der Waals surface area contributed by atoms with E-state index in [1.807, 2.05) is 0 Å². The summed E-state index contributed by atoms with van der Waals surface area (Å²) in [5, 5.41) is 57.4. The van der Waals surface area contributed by atoms with Crippen LogP contribution in [-0.4, -0.2) is 42.6 Å². The van der Waals surface area contributed by atoms with E-state index in [2.05, 4.69) is 0 Å². The molecule has 1 saturated carbocycles. The topological polar surface area (TPSA) is 156 Å². The molecule has 8 nitrogen and oxygen atoms in total. The maximum Gasteiger partial charge on any atom is 0.307 e. The second-order valence-corrected chi connectivity index (χ2v) is 6.28. The minimum absolute atomic E-state index is 0.277. The molecule has 0 amide bonds. The number of carboxylic acid groups (broad SMARTS) is 2. The molecule has 26 heavy (non-hydrogen) atoms. The highest BCUT2D eigenvalue weighted by Gasteiger charge is 2.58. The SMILES string of the molecule is O=C(O)C1C(c2ccc(O)c(O)c2)C(C(=O)O)C1c1ccc(O)c(O)c1. The molecule has 1 aliphatic carbocycles. The van der Waals surface area contributed by atoms with Gasteiger partial charge in [-0.05, 0) is 35.4 Å². The van der Waals surface area contributed by atoms with Gasteiger partial charge in [-0.3, -0.25) is 9.59 Å². The first kappa shape index (κ1) is 17.4. The van der Waals surface area contributed by atoms with Crippen LogP contribution in [0.1, 0.15) is 23.0 Å². The third-order valence-electron chi connectivity index (χ3n) is 4.89. The smallest absolute Gasteiger partial charge is 0.307 e. The fourth-order valence-electron chi connectivity index (χ4n) is 3.69. The van der Waals surface area contributed by atoms with Gasteiger partial charge in [-0.2, -0.15) is 0 Å². The summed E-state index contributed by atoms with van der Waals surface area (Å²) in [6, 6.07) is 7.38. The second kappa shape index (κ2) is 6.14. The van der Waals surface area contributed by atoms with Crippen LogP contribution < -0.4 is 0 Å². The minimum atomic E-state index is -1.22. The minimum Gasteiger partial charge on any atom is -0.504 e. The lowest BCUT2D eigenvalue weighted by atomic mass is 9.52. The molecule has 3 rings (SSSR count). The molecule has 2 aromatic carbocycles. The zero-order chi connectivity index (χ0) is 19.2. The number of carboxylic acids is 2. The standard InChI is InChI=1S/C18H16O8/c19-9-3-1-7(5-11(9)21)13-15(17(23)24)14(16(13)18(25)26)8-2-4-10(20)12(22)6-8/h1-6,13-16,19-22H,(H,23,24)(H,25,26). The summed E-state index contributed by atoms with van der Waals surface area (Å²) in [5.74, 6) is -8.29. The summed E-state index contributed by atoms with van der Waals surface area (Å²) in [6.07, 6.45) is 0. The van der Waals surface area contributed by atoms with Gasteiger partial charge in [0, 0.05) is 11.8 Å². The number of carbonyl (C=O) groups is 2. The highest BCUT2D eigenvalue weighted by Crippen LogP contribution is 2.58. The molecule has 0 atom stereocenters. The first-order chi connectivity index (χ1) is 12.2. The largest absolute Gasteiger partial charge is 0.504 e. The number of phenols is 4. The predicted octanol–water partition coefficient (Wildman–Crippen LogP) is 1.79. The van der Waals surface area contributed by atoms with E-state index < -0.39 is 58.6 Å². The molecule has 1 aliphatic rings. The Kier molecular flexibility index (Phi) is 4.11. The Labute approximate surface area is 147 Å². The van der Waals surface area contributed by atoms with Gasteiger partial charge in [0.05, 0.1) is 11.8 Å². The van der Waals surface area contributed by atoms with Crippen LogP contribution in [0.2, 0.25) is 0 Å². The molecule has 2 aromatic rings. The van der Waals surface area contributed by atoms with Crippen LogP contribution in [-0.2, 0) is 9.59 Å². The molecule has 0 heterocycles. The maximum atomic E-state index is 11.8. The third kappa shape index (κ3) is 2.65. The second-order valence-electron chi connectivity index (χ2n) is 6.28. The van der Waals surface area contributed by atoms with Gasteiger partial charge < -0.3 is 30.6 Å². The van der Waals surface area contributed by atoms with Crippen molar-refractivity contribution in [3.63, 3.8) is 0 Å². The van der Waals surface area contributed by atoms with Crippen molar-refractivity contribution < 1.29 is 40.2 Å². The van der Waals surface area contributed by atoms with Crippen LogP contribution in [0, 0.1) is 11.8 Å². The number of aromatic hydroxyl groups is 4. The number of benzene rings is 2. The molecule has 0 unspecified atom stereocenters. The van der Waals surface area contributed by atoms with Crippen molar-refractivity contribution in [1.82, 2.24) is 0 Å². The van der Waals surface area contributed by atoms with Gasteiger partial charge in [0.15, 0.2) is 23.0 Å². The molecule has 0 bridgehead atoms. The lowest BCUT2D eigenvalue weighted by molar-refractivity contribution is -0.159. The normalized spacial score (nSPS) is 24.6. The summed E-state index contributed by atoms with van der Waals surface area (Å²) in [4.78, 5) is 23.6. The first-order valence-electron chi connectivity index (χ1n) is 7.71. The molecule has 8 heteroatoms. The van der Waals surface area contributed by atoms with E-state index in [9.17, 15) is 40.2 Å². The van der Waals surface area contributed by atoms with Crippen molar-refractivity contribution in [2.24, 2.45) is 11.8 Å². The number of aliphatic carboxylic acids is 2. The number of hydrogen-bond donors (Lipinski definition) is 6. The Morgan fingerprint density at radius 1 is 0.615 bits per heavy atom. The molecular formula is C18H16O8. The lowest BCUT2D eigenvalue weighted by Gasteiger charge is -2.48. The van der Waals surface area contributed by atoms with Crippen molar-refractivity contribution in [1.29, 1.82) is 0 Å². The highest BCUT2D eigenvalue weighted by atomic mass is 16.4. The number of hydrogen-bond acceptors (Lipinski definition) is 6. The monoisotopic (exact) mass is 360 g/mol. The van der Waals surface area contributed by atoms with Crippen molar-refractivity contribution in [2.75, 3.05) is 0 Å². The van der Waals surface area contributed by atoms with Crippen LogP contribution in [0.3, 0.4) is 0 Å². The lowest BCUT2D eigenvalue weighted by Crippen LogP contribution is -2.50. The van der Waals surface area contributed by atoms with E-state index >= 15 is 0 Å². The molecule has 0 saturated heterocycles. The van der Waals surface area contributed by atoms with E-state index in [0.717, 1.165) is 12.1 Å². The van der Waals surface area contributed by atoms with Crippen LogP contribution in [0.25, 0.3) is 0 Å². The van der Waals surface area contributed by atoms with Crippen molar-refractivity contribution >= 4 is 11.9 Å². The maximum absolute atomic E-state index is 11.8. The molecular weight excluding hydrogens is 344 g/mol. The zero-order valence-electron chi connectivity index (χ0n) is 13.3. The van der Waals surface area contributed by atoms with Crippen molar-refractivity contribution in [2.45, 2.75) is 11.8 Å². The van der Waals surface area contributed by atoms with Gasteiger partial charge in [0.25, 0.3) is 0 Å². The third-order valence-corrected chi connectivity index (χ3v) is 4.89. The van der Waals surface area contributed by atoms with Gasteiger partial charge >= 0.3 is 11.9 Å². The van der Waals surface area contributed by atoms with Crippen LogP contribution in [0.4, 0.5) is 0 Å². The molecule has 0 spiro atoms. The zero-order valence-corrected chi connectivity index (χ0v) is 13.3. The average Bonchev–Trinajstić information content (AvgIpc) is 2.52. The summed E-state index contributed by atoms with van der Waals surface area (Å²) in [5.41, 5.74) is 0.554. The molecule has 0 radical (unpaired) electrons. The Balaban J connectivity index is 2.08. The van der Waals surface area contributed by atoms with Crippen molar-refractivity contribution in [3.8, 4) is 23.0 Å². The molecule has 136 valence electrons. The van der Waals surface area contributed by atoms with Gasteiger partial charge in [0.2, 0.25) is 0 Å². The summed E-state index contributed by atoms with van der Waals surface area (Å²) >= 11 is 0. The summed E-state index contributed by atoms with van der Waals surface area (Å²) in [7, 11) is 0. The van der Waals surface area contributed by atoms with E-state index in [-0.39, 0.29) is 11.1 Å². The van der Waals surface area contributed by atoms with Gasteiger partial charge in [0.1, 0.15) is 0 Å². The van der Waals surface area contributed by atoms with Crippen LogP contribution in [0.5, 0.6) is 23.0 Å². The van der Waals surface area contributed by atoms with Gasteiger partial charge in [-0.1, -0.05) is 12.1 Å². The Morgan fingerprint density at radius 2 is 0.962 bits per heavy atom. The van der Waals surface area contributed by atoms with E-state index in [4.69, 9.17) is 0 Å². The number of phenolic OH excluding ortho intramolecular Hbond substituents is 4. The van der Waals surface area contributed by atoms with Gasteiger partial charge in [-0.25, -0.2) is 0 Å². The van der Waals surface area contributed by atoms with Crippen molar-refractivity contribution in [3.05, 3.63) is 47.5 Å². The average molecular weight is 360 g/mol. The van der Waals surface area contributed by atoms with Crippen LogP contribution >= 0.6 is 0 Å².